The van der Waals surface area contributed by atoms with Crippen molar-refractivity contribution in [3.05, 3.63) is 0 Å². The van der Waals surface area contributed by atoms with E-state index in [0.29, 0.717) is 5.92 Å². The topological polar surface area (TPSA) is 46.2 Å². The first-order chi connectivity index (χ1) is 4.59. The standard InChI is InChI=1S/C8H15NO/c1-8(9,10)7-5-2-3-6(7)4-5/h5-7,10H,2-4,9H2,1H3. The molecular formula is C8H15NO. The number of rotatable bonds is 1. The van der Waals surface area contributed by atoms with Crippen LogP contribution in [0.3, 0.4) is 0 Å². The maximum absolute atomic E-state index is 9.50. The lowest BCUT2D eigenvalue weighted by atomic mass is 9.67. The van der Waals surface area contributed by atoms with Gasteiger partial charge in [0, 0.05) is 5.92 Å². The average Bonchev–Trinajstić information content (AvgIpc) is 2.08. The van der Waals surface area contributed by atoms with Crippen LogP contribution in [-0.2, 0) is 0 Å². The molecule has 3 N–H and O–H groups in total. The van der Waals surface area contributed by atoms with E-state index in [1.165, 1.54) is 19.3 Å². The second-order valence-electron chi connectivity index (χ2n) is 4.08. The van der Waals surface area contributed by atoms with Crippen LogP contribution in [0, 0.1) is 17.8 Å². The van der Waals surface area contributed by atoms with Gasteiger partial charge in [-0.15, -0.1) is 0 Å². The second-order valence-corrected chi connectivity index (χ2v) is 4.08. The number of aliphatic hydroxyl groups is 1. The van der Waals surface area contributed by atoms with Gasteiger partial charge in [0.15, 0.2) is 0 Å². The van der Waals surface area contributed by atoms with Gasteiger partial charge in [0.1, 0.15) is 5.72 Å². The van der Waals surface area contributed by atoms with Gasteiger partial charge in [0.2, 0.25) is 0 Å². The number of hydrogen-bond donors (Lipinski definition) is 2. The molecular weight excluding hydrogens is 126 g/mol. The van der Waals surface area contributed by atoms with Gasteiger partial charge in [0.05, 0.1) is 0 Å². The van der Waals surface area contributed by atoms with Crippen LogP contribution in [0.4, 0.5) is 0 Å². The molecule has 10 heavy (non-hydrogen) atoms. The van der Waals surface area contributed by atoms with Gasteiger partial charge < -0.3 is 10.8 Å². The molecule has 0 aromatic rings. The highest BCUT2D eigenvalue weighted by atomic mass is 16.3. The fourth-order valence-corrected chi connectivity index (χ4v) is 2.85. The molecule has 0 heterocycles. The third-order valence-corrected chi connectivity index (χ3v) is 3.20. The molecule has 0 aromatic heterocycles. The van der Waals surface area contributed by atoms with E-state index in [4.69, 9.17) is 5.73 Å². The van der Waals surface area contributed by atoms with Crippen LogP contribution in [0.15, 0.2) is 0 Å². The highest BCUT2D eigenvalue weighted by Crippen LogP contribution is 2.56. The zero-order valence-corrected chi connectivity index (χ0v) is 6.38. The fraction of sp³-hybridized carbons (Fsp3) is 1.00. The average molecular weight is 141 g/mol. The third-order valence-electron chi connectivity index (χ3n) is 3.20. The van der Waals surface area contributed by atoms with Gasteiger partial charge in [-0.3, -0.25) is 0 Å². The highest BCUT2D eigenvalue weighted by Gasteiger charge is 2.53. The van der Waals surface area contributed by atoms with Crippen LogP contribution < -0.4 is 5.73 Å². The minimum atomic E-state index is -0.899. The van der Waals surface area contributed by atoms with Crippen molar-refractivity contribution in [1.29, 1.82) is 0 Å². The summed E-state index contributed by atoms with van der Waals surface area (Å²) in [5.41, 5.74) is 4.72. The Morgan fingerprint density at radius 3 is 2.10 bits per heavy atom. The van der Waals surface area contributed by atoms with Gasteiger partial charge in [-0.25, -0.2) is 0 Å². The summed E-state index contributed by atoms with van der Waals surface area (Å²) in [4.78, 5) is 0. The first kappa shape index (κ1) is 6.62. The molecule has 0 amide bonds. The number of nitrogens with two attached hydrogens (primary N) is 1. The summed E-state index contributed by atoms with van der Waals surface area (Å²) in [6, 6.07) is 0. The van der Waals surface area contributed by atoms with Crippen LogP contribution in [0.5, 0.6) is 0 Å². The van der Waals surface area contributed by atoms with Crippen molar-refractivity contribution in [2.45, 2.75) is 31.9 Å². The molecule has 0 spiro atoms. The van der Waals surface area contributed by atoms with Crippen molar-refractivity contribution in [2.75, 3.05) is 0 Å². The van der Waals surface area contributed by atoms with Crippen LogP contribution in [0.2, 0.25) is 0 Å². The Hall–Kier alpha value is -0.0800. The second kappa shape index (κ2) is 1.74. The Kier molecular flexibility index (Phi) is 1.15. The van der Waals surface area contributed by atoms with Crippen LogP contribution in [-0.4, -0.2) is 10.8 Å². The Morgan fingerprint density at radius 1 is 1.40 bits per heavy atom. The molecule has 0 radical (unpaired) electrons. The van der Waals surface area contributed by atoms with Crippen molar-refractivity contribution < 1.29 is 5.11 Å². The molecule has 3 atom stereocenters. The van der Waals surface area contributed by atoms with E-state index in [1.54, 1.807) is 6.92 Å². The Balaban J connectivity index is 2.09. The minimum Gasteiger partial charge on any atom is -0.376 e. The quantitative estimate of drug-likeness (QED) is 0.528. The van der Waals surface area contributed by atoms with E-state index in [1.807, 2.05) is 0 Å². The number of hydrogen-bond acceptors (Lipinski definition) is 2. The van der Waals surface area contributed by atoms with E-state index in [-0.39, 0.29) is 0 Å². The van der Waals surface area contributed by atoms with E-state index >= 15 is 0 Å². The molecule has 3 aliphatic carbocycles. The summed E-state index contributed by atoms with van der Waals surface area (Å²) in [6.45, 7) is 1.74. The molecule has 2 heteroatoms. The molecule has 3 unspecified atom stereocenters. The molecule has 2 bridgehead atoms. The predicted octanol–water partition coefficient (Wildman–Crippen LogP) is 0.700. The smallest absolute Gasteiger partial charge is 0.114 e. The van der Waals surface area contributed by atoms with Gasteiger partial charge in [-0.1, -0.05) is 0 Å². The van der Waals surface area contributed by atoms with Crippen molar-refractivity contribution in [3.63, 3.8) is 0 Å². The van der Waals surface area contributed by atoms with Gasteiger partial charge in [-0.05, 0) is 38.0 Å². The molecule has 3 fully saturated rings. The molecule has 2 nitrogen and oxygen atoms in total. The van der Waals surface area contributed by atoms with Gasteiger partial charge in [0.25, 0.3) is 0 Å². The Labute approximate surface area is 61.4 Å². The fourth-order valence-electron chi connectivity index (χ4n) is 2.85. The predicted molar refractivity (Wildman–Crippen MR) is 39.1 cm³/mol. The zero-order valence-electron chi connectivity index (χ0n) is 6.38. The van der Waals surface area contributed by atoms with E-state index in [0.717, 1.165) is 11.8 Å². The summed E-state index contributed by atoms with van der Waals surface area (Å²) in [5.74, 6) is 1.89. The summed E-state index contributed by atoms with van der Waals surface area (Å²) in [7, 11) is 0. The molecule has 58 valence electrons. The molecule has 0 saturated heterocycles. The van der Waals surface area contributed by atoms with Crippen LogP contribution in [0.1, 0.15) is 26.2 Å². The van der Waals surface area contributed by atoms with Crippen molar-refractivity contribution in [3.8, 4) is 0 Å². The first-order valence-corrected chi connectivity index (χ1v) is 4.10. The Bertz CT molecular complexity index is 136. The monoisotopic (exact) mass is 141 g/mol. The summed E-state index contributed by atoms with van der Waals surface area (Å²) in [5, 5.41) is 9.50. The van der Waals surface area contributed by atoms with E-state index < -0.39 is 5.72 Å². The third kappa shape index (κ3) is 0.722. The van der Waals surface area contributed by atoms with Gasteiger partial charge >= 0.3 is 0 Å². The lowest BCUT2D eigenvalue weighted by Crippen LogP contribution is -2.52. The minimum absolute atomic E-state index is 0.410. The van der Waals surface area contributed by atoms with E-state index in [2.05, 4.69) is 0 Å². The van der Waals surface area contributed by atoms with Crippen LogP contribution in [0.25, 0.3) is 0 Å². The SMILES string of the molecule is CC(N)(O)C1C2CCC1C2. The summed E-state index contributed by atoms with van der Waals surface area (Å²) >= 11 is 0. The lowest BCUT2D eigenvalue weighted by Gasteiger charge is -2.43. The molecule has 3 saturated carbocycles. The summed E-state index contributed by atoms with van der Waals surface area (Å²) < 4.78 is 0. The zero-order chi connectivity index (χ0) is 7.35. The van der Waals surface area contributed by atoms with Crippen LogP contribution >= 0.6 is 0 Å². The lowest BCUT2D eigenvalue weighted by molar-refractivity contribution is -0.0749. The molecule has 3 aliphatic rings. The van der Waals surface area contributed by atoms with Crippen molar-refractivity contribution in [2.24, 2.45) is 23.5 Å². The normalized spacial score (nSPS) is 50.1. The van der Waals surface area contributed by atoms with Crippen molar-refractivity contribution in [1.82, 2.24) is 0 Å². The largest absolute Gasteiger partial charge is 0.376 e. The molecule has 0 aliphatic heterocycles. The maximum atomic E-state index is 9.50. The first-order valence-electron chi connectivity index (χ1n) is 4.10. The van der Waals surface area contributed by atoms with Gasteiger partial charge in [-0.2, -0.15) is 0 Å². The van der Waals surface area contributed by atoms with E-state index in [9.17, 15) is 5.11 Å². The maximum Gasteiger partial charge on any atom is 0.114 e. The Morgan fingerprint density at radius 2 is 1.90 bits per heavy atom. The molecule has 3 rings (SSSR count). The van der Waals surface area contributed by atoms with Crippen molar-refractivity contribution >= 4 is 0 Å². The highest BCUT2D eigenvalue weighted by molar-refractivity contribution is 5.01. The number of fused-ring (bicyclic) bond motifs is 1. The summed E-state index contributed by atoms with van der Waals surface area (Å²) in [6.07, 6.45) is 3.91. The molecule has 0 aromatic carbocycles.